The molecule has 0 spiro atoms. The molecule has 0 aliphatic carbocycles. The van der Waals surface area contributed by atoms with Crippen LogP contribution in [-0.4, -0.2) is 59.1 Å². The molecule has 1 aliphatic rings. The first-order valence-electron chi connectivity index (χ1n) is 7.90. The summed E-state index contributed by atoms with van der Waals surface area (Å²) in [6, 6.07) is 6.33. The minimum absolute atomic E-state index is 0.0338. The standard InChI is InChI=1S/C16H24N2O5S/c1-22-12-9-17-16(19)13-7-10-18(11-8-13)24(20,21)15-5-3-14(23-2)4-6-15/h3-6,13H,7-12H2,1-2H3,(H,17,19). The van der Waals surface area contributed by atoms with E-state index in [1.165, 1.54) is 23.5 Å². The molecular formula is C16H24N2O5S. The average Bonchev–Trinajstić information content (AvgIpc) is 2.62. The zero-order valence-corrected chi connectivity index (χ0v) is 14.8. The molecule has 1 amide bonds. The molecule has 1 saturated heterocycles. The Balaban J connectivity index is 1.94. The number of nitrogens with zero attached hydrogens (tertiary/aromatic N) is 1. The second-order valence-corrected chi connectivity index (χ2v) is 7.58. The number of ether oxygens (including phenoxy) is 2. The number of nitrogens with one attached hydrogen (secondary N) is 1. The lowest BCUT2D eigenvalue weighted by Crippen LogP contribution is -2.43. The fourth-order valence-electron chi connectivity index (χ4n) is 2.68. The maximum Gasteiger partial charge on any atom is 0.243 e. The van der Waals surface area contributed by atoms with Crippen LogP contribution in [0.5, 0.6) is 5.75 Å². The van der Waals surface area contributed by atoms with Gasteiger partial charge in [0.1, 0.15) is 5.75 Å². The molecule has 0 atom stereocenters. The van der Waals surface area contributed by atoms with E-state index in [9.17, 15) is 13.2 Å². The molecule has 7 nitrogen and oxygen atoms in total. The molecule has 1 aromatic rings. The number of hydrogen-bond donors (Lipinski definition) is 1. The second-order valence-electron chi connectivity index (χ2n) is 5.64. The van der Waals surface area contributed by atoms with Crippen molar-refractivity contribution in [1.82, 2.24) is 9.62 Å². The largest absolute Gasteiger partial charge is 0.497 e. The van der Waals surface area contributed by atoms with Crippen LogP contribution < -0.4 is 10.1 Å². The Hall–Kier alpha value is -1.64. The summed E-state index contributed by atoms with van der Waals surface area (Å²) in [7, 11) is -0.419. The van der Waals surface area contributed by atoms with Crippen molar-refractivity contribution in [1.29, 1.82) is 0 Å². The summed E-state index contributed by atoms with van der Waals surface area (Å²) in [5, 5.41) is 2.81. The highest BCUT2D eigenvalue weighted by atomic mass is 32.2. The van der Waals surface area contributed by atoms with Crippen LogP contribution in [-0.2, 0) is 19.6 Å². The van der Waals surface area contributed by atoms with Gasteiger partial charge in [-0.15, -0.1) is 0 Å². The van der Waals surface area contributed by atoms with Crippen LogP contribution in [0.3, 0.4) is 0 Å². The normalized spacial score (nSPS) is 16.8. The number of benzene rings is 1. The maximum absolute atomic E-state index is 12.6. The van der Waals surface area contributed by atoms with E-state index in [1.54, 1.807) is 19.2 Å². The molecule has 0 unspecified atom stereocenters. The summed E-state index contributed by atoms with van der Waals surface area (Å²) < 4.78 is 36.7. The number of rotatable bonds is 7. The first kappa shape index (κ1) is 18.7. The summed E-state index contributed by atoms with van der Waals surface area (Å²) in [5.41, 5.74) is 0. The average molecular weight is 356 g/mol. The lowest BCUT2D eigenvalue weighted by Gasteiger charge is -2.30. The van der Waals surface area contributed by atoms with E-state index in [0.29, 0.717) is 44.8 Å². The van der Waals surface area contributed by atoms with E-state index in [2.05, 4.69) is 5.32 Å². The Morgan fingerprint density at radius 1 is 1.21 bits per heavy atom. The van der Waals surface area contributed by atoms with Crippen LogP contribution in [0.2, 0.25) is 0 Å². The predicted molar refractivity (Wildman–Crippen MR) is 89.4 cm³/mol. The zero-order valence-electron chi connectivity index (χ0n) is 14.0. The Morgan fingerprint density at radius 2 is 1.83 bits per heavy atom. The molecule has 134 valence electrons. The molecular weight excluding hydrogens is 332 g/mol. The number of methoxy groups -OCH3 is 2. The van der Waals surface area contributed by atoms with Crippen molar-refractivity contribution >= 4 is 15.9 Å². The Kier molecular flexibility index (Phi) is 6.59. The third-order valence-electron chi connectivity index (χ3n) is 4.13. The molecule has 0 saturated carbocycles. The number of amides is 1. The van der Waals surface area contributed by atoms with Crippen molar-refractivity contribution in [3.8, 4) is 5.75 Å². The van der Waals surface area contributed by atoms with Crippen molar-refractivity contribution in [3.63, 3.8) is 0 Å². The molecule has 1 fully saturated rings. The highest BCUT2D eigenvalue weighted by molar-refractivity contribution is 7.89. The second kappa shape index (κ2) is 8.46. The van der Waals surface area contributed by atoms with Gasteiger partial charge >= 0.3 is 0 Å². The number of sulfonamides is 1. The van der Waals surface area contributed by atoms with Crippen LogP contribution in [0.4, 0.5) is 0 Å². The lowest BCUT2D eigenvalue weighted by atomic mass is 9.97. The van der Waals surface area contributed by atoms with Crippen molar-refractivity contribution in [2.24, 2.45) is 5.92 Å². The smallest absolute Gasteiger partial charge is 0.243 e. The highest BCUT2D eigenvalue weighted by Crippen LogP contribution is 2.25. The Bertz CT molecular complexity index is 637. The van der Waals surface area contributed by atoms with Gasteiger partial charge in [0.05, 0.1) is 18.6 Å². The van der Waals surface area contributed by atoms with E-state index in [0.717, 1.165) is 0 Å². The molecule has 8 heteroatoms. The van der Waals surface area contributed by atoms with Crippen molar-refractivity contribution in [3.05, 3.63) is 24.3 Å². The molecule has 0 bridgehead atoms. The molecule has 1 aliphatic heterocycles. The van der Waals surface area contributed by atoms with Gasteiger partial charge < -0.3 is 14.8 Å². The topological polar surface area (TPSA) is 84.9 Å². The van der Waals surface area contributed by atoms with Gasteiger partial charge in [0.15, 0.2) is 0 Å². The van der Waals surface area contributed by atoms with Crippen LogP contribution in [0.25, 0.3) is 0 Å². The molecule has 0 radical (unpaired) electrons. The summed E-state index contributed by atoms with van der Waals surface area (Å²) >= 11 is 0. The SMILES string of the molecule is COCCNC(=O)C1CCN(S(=O)(=O)c2ccc(OC)cc2)CC1. The van der Waals surface area contributed by atoms with Crippen LogP contribution >= 0.6 is 0 Å². The van der Waals surface area contributed by atoms with E-state index in [4.69, 9.17) is 9.47 Å². The fourth-order valence-corrected chi connectivity index (χ4v) is 4.15. The number of piperidine rings is 1. The van der Waals surface area contributed by atoms with E-state index in [1.807, 2.05) is 0 Å². The van der Waals surface area contributed by atoms with Gasteiger partial charge in [0.25, 0.3) is 0 Å². The first-order chi connectivity index (χ1) is 11.5. The quantitative estimate of drug-likeness (QED) is 0.733. The molecule has 1 aromatic carbocycles. The fraction of sp³-hybridized carbons (Fsp3) is 0.562. The first-order valence-corrected chi connectivity index (χ1v) is 9.34. The summed E-state index contributed by atoms with van der Waals surface area (Å²) in [4.78, 5) is 12.3. The van der Waals surface area contributed by atoms with Gasteiger partial charge in [-0.1, -0.05) is 0 Å². The van der Waals surface area contributed by atoms with E-state index < -0.39 is 10.0 Å². The van der Waals surface area contributed by atoms with Gasteiger partial charge in [-0.05, 0) is 37.1 Å². The minimum atomic E-state index is -3.53. The molecule has 2 rings (SSSR count). The lowest BCUT2D eigenvalue weighted by molar-refractivity contribution is -0.126. The minimum Gasteiger partial charge on any atom is -0.497 e. The number of hydrogen-bond acceptors (Lipinski definition) is 5. The van der Waals surface area contributed by atoms with E-state index in [-0.39, 0.29) is 16.7 Å². The van der Waals surface area contributed by atoms with E-state index >= 15 is 0 Å². The van der Waals surface area contributed by atoms with Gasteiger partial charge in [0, 0.05) is 32.7 Å². The number of carbonyl (C=O) groups is 1. The third-order valence-corrected chi connectivity index (χ3v) is 6.04. The molecule has 1 N–H and O–H groups in total. The monoisotopic (exact) mass is 356 g/mol. The van der Waals surface area contributed by atoms with Gasteiger partial charge in [-0.25, -0.2) is 8.42 Å². The van der Waals surface area contributed by atoms with Crippen molar-refractivity contribution in [2.45, 2.75) is 17.7 Å². The van der Waals surface area contributed by atoms with Gasteiger partial charge in [-0.3, -0.25) is 4.79 Å². The van der Waals surface area contributed by atoms with Gasteiger partial charge in [-0.2, -0.15) is 4.31 Å². The van der Waals surface area contributed by atoms with Crippen LogP contribution in [0.15, 0.2) is 29.2 Å². The van der Waals surface area contributed by atoms with Gasteiger partial charge in [0.2, 0.25) is 15.9 Å². The third kappa shape index (κ3) is 4.46. The van der Waals surface area contributed by atoms with Crippen LogP contribution in [0, 0.1) is 5.92 Å². The summed E-state index contributed by atoms with van der Waals surface area (Å²) in [6.07, 6.45) is 1.04. The predicted octanol–water partition coefficient (Wildman–Crippen LogP) is 0.859. The Morgan fingerprint density at radius 3 is 2.38 bits per heavy atom. The number of carbonyl (C=O) groups excluding carboxylic acids is 1. The highest BCUT2D eigenvalue weighted by Gasteiger charge is 2.31. The summed E-state index contributed by atoms with van der Waals surface area (Å²) in [6.45, 7) is 1.63. The maximum atomic E-state index is 12.6. The molecule has 1 heterocycles. The Labute approximate surface area is 143 Å². The van der Waals surface area contributed by atoms with Crippen molar-refractivity contribution < 1.29 is 22.7 Å². The summed E-state index contributed by atoms with van der Waals surface area (Å²) in [5.74, 6) is 0.429. The molecule has 0 aromatic heterocycles. The molecule has 24 heavy (non-hydrogen) atoms. The van der Waals surface area contributed by atoms with Crippen molar-refractivity contribution in [2.75, 3.05) is 40.5 Å². The van der Waals surface area contributed by atoms with Crippen LogP contribution in [0.1, 0.15) is 12.8 Å². The zero-order chi connectivity index (χ0) is 17.6.